The van der Waals surface area contributed by atoms with E-state index in [1.807, 2.05) is 54.6 Å². The van der Waals surface area contributed by atoms with Crippen molar-refractivity contribution < 1.29 is 4.55 Å². The van der Waals surface area contributed by atoms with Crippen molar-refractivity contribution in [1.82, 2.24) is 0 Å². The summed E-state index contributed by atoms with van der Waals surface area (Å²) in [5.41, 5.74) is 4.54. The van der Waals surface area contributed by atoms with Crippen molar-refractivity contribution in [3.63, 3.8) is 0 Å². The first-order chi connectivity index (χ1) is 10.8. The molecule has 0 amide bonds. The summed E-state index contributed by atoms with van der Waals surface area (Å²) in [4.78, 5) is 1.75. The van der Waals surface area contributed by atoms with Crippen molar-refractivity contribution in [1.29, 1.82) is 0 Å². The van der Waals surface area contributed by atoms with Crippen LogP contribution in [0.3, 0.4) is 0 Å². The lowest BCUT2D eigenvalue weighted by Crippen LogP contribution is -2.04. The van der Waals surface area contributed by atoms with Crippen molar-refractivity contribution in [2.75, 3.05) is 0 Å². The smallest absolute Gasteiger partial charge is 0.177 e. The van der Waals surface area contributed by atoms with Gasteiger partial charge in [0.2, 0.25) is 0 Å². The number of hydrogen-bond acceptors (Lipinski definition) is 1. The number of benzene rings is 2. The molecule has 0 N–H and O–H groups in total. The molecule has 0 heterocycles. The van der Waals surface area contributed by atoms with Crippen molar-refractivity contribution in [3.05, 3.63) is 82.9 Å². The third-order valence-electron chi connectivity index (χ3n) is 3.38. The summed E-state index contributed by atoms with van der Waals surface area (Å²) in [7, 11) is 0. The maximum Gasteiger partial charge on any atom is 0.177 e. The average Bonchev–Trinajstić information content (AvgIpc) is 2.59. The second kappa shape index (κ2) is 9.32. The Hall–Kier alpha value is -1.73. The zero-order chi connectivity index (χ0) is 15.6. The molecular formula is C20H22OS. The van der Waals surface area contributed by atoms with Gasteiger partial charge in [0.05, 0.1) is 0 Å². The zero-order valence-electron chi connectivity index (χ0n) is 13.0. The monoisotopic (exact) mass is 310 g/mol. The Morgan fingerprint density at radius 3 is 2.32 bits per heavy atom. The molecule has 1 unspecified atom stereocenters. The molecule has 1 nitrogen and oxygen atoms in total. The zero-order valence-corrected chi connectivity index (χ0v) is 13.8. The van der Waals surface area contributed by atoms with Gasteiger partial charge in [0.25, 0.3) is 0 Å². The molecule has 0 radical (unpaired) electrons. The Balaban J connectivity index is 2.15. The summed E-state index contributed by atoms with van der Waals surface area (Å²) < 4.78 is 12.7. The van der Waals surface area contributed by atoms with E-state index in [0.29, 0.717) is 0 Å². The topological polar surface area (TPSA) is 23.1 Å². The minimum Gasteiger partial charge on any atom is -0.606 e. The van der Waals surface area contributed by atoms with E-state index in [-0.39, 0.29) is 0 Å². The summed E-state index contributed by atoms with van der Waals surface area (Å²) in [6.07, 6.45) is 5.79. The molecule has 2 aromatic rings. The van der Waals surface area contributed by atoms with E-state index in [9.17, 15) is 4.55 Å². The van der Waals surface area contributed by atoms with Gasteiger partial charge >= 0.3 is 0 Å². The Morgan fingerprint density at radius 2 is 1.68 bits per heavy atom. The van der Waals surface area contributed by atoms with Gasteiger partial charge in [-0.1, -0.05) is 67.6 Å². The lowest BCUT2D eigenvalue weighted by Gasteiger charge is -2.11. The molecule has 0 saturated carbocycles. The minimum atomic E-state index is -1.11. The summed E-state index contributed by atoms with van der Waals surface area (Å²) in [5.74, 6) is 0. The van der Waals surface area contributed by atoms with Crippen LogP contribution in [0.15, 0.2) is 82.3 Å². The Morgan fingerprint density at radius 1 is 1.05 bits per heavy atom. The quantitative estimate of drug-likeness (QED) is 0.505. The van der Waals surface area contributed by atoms with Crippen LogP contribution in [0.4, 0.5) is 0 Å². The SMILES string of the molecule is CCCCC(=C=CCc1ccccc1)[S+]([O-])c1ccccc1. The summed E-state index contributed by atoms with van der Waals surface area (Å²) in [6.45, 7) is 2.15. The van der Waals surface area contributed by atoms with Crippen LogP contribution in [-0.2, 0) is 17.6 Å². The first-order valence-corrected chi connectivity index (χ1v) is 8.91. The van der Waals surface area contributed by atoms with Crippen LogP contribution in [0, 0.1) is 0 Å². The largest absolute Gasteiger partial charge is 0.606 e. The summed E-state index contributed by atoms with van der Waals surface area (Å²) in [6, 6.07) is 19.9. The van der Waals surface area contributed by atoms with Crippen LogP contribution in [0.25, 0.3) is 0 Å². The Kier molecular flexibility index (Phi) is 7.05. The van der Waals surface area contributed by atoms with E-state index in [1.54, 1.807) is 0 Å². The van der Waals surface area contributed by atoms with Crippen molar-refractivity contribution in [3.8, 4) is 0 Å². The van der Waals surface area contributed by atoms with Gasteiger partial charge in [-0.25, -0.2) is 0 Å². The van der Waals surface area contributed by atoms with Gasteiger partial charge in [0, 0.05) is 17.6 Å². The Labute approximate surface area is 136 Å². The summed E-state index contributed by atoms with van der Waals surface area (Å²) >= 11 is -1.11. The number of allylic oxidation sites excluding steroid dienone is 1. The van der Waals surface area contributed by atoms with Gasteiger partial charge in [0.15, 0.2) is 9.80 Å². The van der Waals surface area contributed by atoms with Crippen molar-refractivity contribution >= 4 is 11.2 Å². The van der Waals surface area contributed by atoms with Gasteiger partial charge < -0.3 is 4.55 Å². The number of hydrogen-bond donors (Lipinski definition) is 0. The fourth-order valence-electron chi connectivity index (χ4n) is 2.14. The van der Waals surface area contributed by atoms with Crippen LogP contribution in [0.5, 0.6) is 0 Å². The fraction of sp³-hybridized carbons (Fsp3) is 0.250. The molecular weight excluding hydrogens is 288 g/mol. The molecule has 0 aliphatic rings. The second-order valence-corrected chi connectivity index (χ2v) is 6.65. The molecule has 0 spiro atoms. The van der Waals surface area contributed by atoms with Gasteiger partial charge in [0.1, 0.15) is 0 Å². The van der Waals surface area contributed by atoms with Gasteiger partial charge in [-0.2, -0.15) is 0 Å². The molecule has 114 valence electrons. The lowest BCUT2D eigenvalue weighted by atomic mass is 10.1. The first-order valence-electron chi connectivity index (χ1n) is 7.76. The predicted molar refractivity (Wildman–Crippen MR) is 94.1 cm³/mol. The van der Waals surface area contributed by atoms with Crippen molar-refractivity contribution in [2.24, 2.45) is 0 Å². The van der Waals surface area contributed by atoms with Gasteiger partial charge in [-0.15, -0.1) is 0 Å². The highest BCUT2D eigenvalue weighted by molar-refractivity contribution is 7.95. The normalized spacial score (nSPS) is 11.5. The standard InChI is InChI=1S/C20H22OS/c1-2-3-14-19(22(21)20-15-8-5-9-16-20)17-10-13-18-11-6-4-7-12-18/h4-12,15-16H,2-3,13-14H2,1H3. The minimum absolute atomic E-state index is 0.822. The highest BCUT2D eigenvalue weighted by Crippen LogP contribution is 2.22. The summed E-state index contributed by atoms with van der Waals surface area (Å²) in [5, 5.41) is 0. The predicted octanol–water partition coefficient (Wildman–Crippen LogP) is 5.27. The highest BCUT2D eigenvalue weighted by Gasteiger charge is 2.16. The molecule has 0 fully saturated rings. The highest BCUT2D eigenvalue weighted by atomic mass is 32.2. The molecule has 0 saturated heterocycles. The molecule has 0 bridgehead atoms. The maximum atomic E-state index is 12.7. The first kappa shape index (κ1) is 16.6. The van der Waals surface area contributed by atoms with Crippen molar-refractivity contribution in [2.45, 2.75) is 37.5 Å². The van der Waals surface area contributed by atoms with Crippen LogP contribution in [0.2, 0.25) is 0 Å². The van der Waals surface area contributed by atoms with E-state index in [2.05, 4.69) is 24.8 Å². The fourth-order valence-corrected chi connectivity index (χ4v) is 3.35. The van der Waals surface area contributed by atoms with E-state index in [4.69, 9.17) is 0 Å². The molecule has 22 heavy (non-hydrogen) atoms. The Bertz CT molecular complexity index is 613. The van der Waals surface area contributed by atoms with Gasteiger partial charge in [-0.05, 0) is 36.6 Å². The van der Waals surface area contributed by atoms with Gasteiger partial charge in [-0.3, -0.25) is 0 Å². The second-order valence-electron chi connectivity index (χ2n) is 5.15. The lowest BCUT2D eigenvalue weighted by molar-refractivity contribution is 0.598. The molecule has 0 aliphatic heterocycles. The number of unbranched alkanes of at least 4 members (excludes halogenated alkanes) is 1. The van der Waals surface area contributed by atoms with Crippen LogP contribution in [-0.4, -0.2) is 4.55 Å². The maximum absolute atomic E-state index is 12.7. The molecule has 0 aliphatic carbocycles. The van der Waals surface area contributed by atoms with Crippen LogP contribution >= 0.6 is 0 Å². The van der Waals surface area contributed by atoms with E-state index >= 15 is 0 Å². The molecule has 1 atom stereocenters. The molecule has 0 aromatic heterocycles. The molecule has 2 aromatic carbocycles. The molecule has 2 rings (SSSR count). The van der Waals surface area contributed by atoms with Crippen LogP contribution < -0.4 is 0 Å². The molecule has 2 heteroatoms. The third kappa shape index (κ3) is 5.23. The van der Waals surface area contributed by atoms with E-state index in [1.165, 1.54) is 5.56 Å². The van der Waals surface area contributed by atoms with E-state index in [0.717, 1.165) is 35.5 Å². The van der Waals surface area contributed by atoms with Crippen LogP contribution in [0.1, 0.15) is 31.7 Å². The number of rotatable bonds is 7. The average molecular weight is 310 g/mol. The van der Waals surface area contributed by atoms with E-state index < -0.39 is 11.2 Å². The third-order valence-corrected chi connectivity index (χ3v) is 4.85.